The van der Waals surface area contributed by atoms with Crippen LogP contribution in [0.5, 0.6) is 0 Å². The van der Waals surface area contributed by atoms with Crippen molar-refractivity contribution in [3.63, 3.8) is 0 Å². The molecule has 2 fully saturated rings. The fourth-order valence-electron chi connectivity index (χ4n) is 2.96. The lowest BCUT2D eigenvalue weighted by atomic mass is 9.75. The van der Waals surface area contributed by atoms with E-state index in [2.05, 4.69) is 20.8 Å². The third kappa shape index (κ3) is 3.59. The van der Waals surface area contributed by atoms with Crippen molar-refractivity contribution in [2.75, 3.05) is 12.4 Å². The zero-order valence-corrected chi connectivity index (χ0v) is 13.4. The maximum absolute atomic E-state index is 12.2. The van der Waals surface area contributed by atoms with Gasteiger partial charge in [-0.2, -0.15) is 0 Å². The van der Waals surface area contributed by atoms with E-state index in [4.69, 9.17) is 21.1 Å². The maximum Gasteiger partial charge on any atom is 0.365 e. The number of hydrogen-bond acceptors (Lipinski definition) is 4. The van der Waals surface area contributed by atoms with Crippen LogP contribution in [0.2, 0.25) is 0 Å². The molecule has 2 rings (SSSR count). The SMILES string of the molecule is CC1CCC(C(C)C)C(OC(=O)C2(Cl)OCCS2)C1. The van der Waals surface area contributed by atoms with Crippen LogP contribution in [0, 0.1) is 17.8 Å². The number of carbonyl (C=O) groups is 1. The van der Waals surface area contributed by atoms with Gasteiger partial charge in [0.15, 0.2) is 0 Å². The molecule has 0 N–H and O–H groups in total. The molecular weight excluding hydrogens is 284 g/mol. The normalized spacial score (nSPS) is 39.5. The van der Waals surface area contributed by atoms with Crippen molar-refractivity contribution in [3.8, 4) is 0 Å². The first-order valence-electron chi connectivity index (χ1n) is 7.10. The molecule has 0 amide bonds. The predicted molar refractivity (Wildman–Crippen MR) is 78.2 cm³/mol. The Hall–Kier alpha value is 0.0700. The summed E-state index contributed by atoms with van der Waals surface area (Å²) in [7, 11) is 0. The van der Waals surface area contributed by atoms with Crippen molar-refractivity contribution in [2.45, 2.75) is 50.5 Å². The van der Waals surface area contributed by atoms with Crippen molar-refractivity contribution in [1.29, 1.82) is 0 Å². The summed E-state index contributed by atoms with van der Waals surface area (Å²) >= 11 is 7.49. The van der Waals surface area contributed by atoms with Gasteiger partial charge in [-0.1, -0.05) is 50.6 Å². The van der Waals surface area contributed by atoms with Gasteiger partial charge in [-0.15, -0.1) is 0 Å². The van der Waals surface area contributed by atoms with Crippen molar-refractivity contribution in [1.82, 2.24) is 0 Å². The molecule has 0 bridgehead atoms. The van der Waals surface area contributed by atoms with Crippen molar-refractivity contribution >= 4 is 29.3 Å². The Kier molecular flexibility index (Phi) is 5.07. The summed E-state index contributed by atoms with van der Waals surface area (Å²) in [6, 6.07) is 0. The quantitative estimate of drug-likeness (QED) is 0.589. The summed E-state index contributed by atoms with van der Waals surface area (Å²) in [4.78, 5) is 12.2. The van der Waals surface area contributed by atoms with E-state index in [1.807, 2.05) is 0 Å². The van der Waals surface area contributed by atoms with Crippen LogP contribution in [0.25, 0.3) is 0 Å². The third-order valence-electron chi connectivity index (χ3n) is 4.12. The second-order valence-corrected chi connectivity index (χ2v) is 8.03. The number of halogens is 1. The molecule has 0 spiro atoms. The van der Waals surface area contributed by atoms with E-state index < -0.39 is 10.4 Å². The highest BCUT2D eigenvalue weighted by Crippen LogP contribution is 2.41. The maximum atomic E-state index is 12.2. The van der Waals surface area contributed by atoms with Crippen LogP contribution in [0.1, 0.15) is 40.0 Å². The highest BCUT2D eigenvalue weighted by atomic mass is 35.5. The molecule has 5 heteroatoms. The molecule has 3 nitrogen and oxygen atoms in total. The van der Waals surface area contributed by atoms with E-state index in [-0.39, 0.29) is 6.10 Å². The number of thioether (sulfide) groups is 1. The zero-order chi connectivity index (χ0) is 14.0. The minimum absolute atomic E-state index is 0.0170. The van der Waals surface area contributed by atoms with Gasteiger partial charge in [0.2, 0.25) is 0 Å². The molecule has 4 atom stereocenters. The van der Waals surface area contributed by atoms with Crippen LogP contribution >= 0.6 is 23.4 Å². The molecule has 1 aliphatic heterocycles. The van der Waals surface area contributed by atoms with E-state index in [1.54, 1.807) is 0 Å². The van der Waals surface area contributed by atoms with E-state index >= 15 is 0 Å². The summed E-state index contributed by atoms with van der Waals surface area (Å²) in [6.07, 6.45) is 3.26. The lowest BCUT2D eigenvalue weighted by molar-refractivity contribution is -0.165. The molecule has 0 aromatic carbocycles. The first-order chi connectivity index (χ1) is 8.92. The van der Waals surface area contributed by atoms with Gasteiger partial charge in [0.1, 0.15) is 6.10 Å². The summed E-state index contributed by atoms with van der Waals surface area (Å²) in [5, 5.41) is 0. The van der Waals surface area contributed by atoms with Crippen LogP contribution in [-0.4, -0.2) is 28.8 Å². The first kappa shape index (κ1) is 15.5. The average Bonchev–Trinajstić information content (AvgIpc) is 2.77. The highest BCUT2D eigenvalue weighted by molar-refractivity contribution is 8.02. The molecule has 4 unspecified atom stereocenters. The minimum Gasteiger partial charge on any atom is -0.458 e. The minimum atomic E-state index is -1.30. The monoisotopic (exact) mass is 306 g/mol. The summed E-state index contributed by atoms with van der Waals surface area (Å²) in [6.45, 7) is 7.12. The predicted octanol–water partition coefficient (Wildman–Crippen LogP) is 3.65. The molecule has 1 heterocycles. The molecule has 0 aromatic heterocycles. The fourth-order valence-corrected chi connectivity index (χ4v) is 4.08. The van der Waals surface area contributed by atoms with Gasteiger partial charge in [0.05, 0.1) is 6.61 Å². The number of hydrogen-bond donors (Lipinski definition) is 0. The Bertz CT molecular complexity index is 329. The Labute approximate surface area is 124 Å². The smallest absolute Gasteiger partial charge is 0.365 e. The summed E-state index contributed by atoms with van der Waals surface area (Å²) < 4.78 is 9.72. The zero-order valence-electron chi connectivity index (χ0n) is 11.9. The average molecular weight is 307 g/mol. The van der Waals surface area contributed by atoms with E-state index in [0.29, 0.717) is 24.4 Å². The van der Waals surface area contributed by atoms with Crippen molar-refractivity contribution in [2.24, 2.45) is 17.8 Å². The molecule has 110 valence electrons. The lowest BCUT2D eigenvalue weighted by Crippen LogP contribution is -2.40. The van der Waals surface area contributed by atoms with Gasteiger partial charge in [-0.3, -0.25) is 0 Å². The van der Waals surface area contributed by atoms with Crippen LogP contribution < -0.4 is 0 Å². The largest absolute Gasteiger partial charge is 0.458 e. The molecule has 19 heavy (non-hydrogen) atoms. The number of carbonyl (C=O) groups excluding carboxylic acids is 1. The second-order valence-electron chi connectivity index (χ2n) is 6.00. The van der Waals surface area contributed by atoms with Gasteiger partial charge < -0.3 is 9.47 Å². The van der Waals surface area contributed by atoms with E-state index in [1.165, 1.54) is 18.2 Å². The lowest BCUT2D eigenvalue weighted by Gasteiger charge is -2.37. The Balaban J connectivity index is 2.00. The van der Waals surface area contributed by atoms with Gasteiger partial charge >= 0.3 is 5.97 Å². The third-order valence-corrected chi connectivity index (χ3v) is 5.74. The first-order valence-corrected chi connectivity index (χ1v) is 8.46. The molecule has 1 aliphatic carbocycles. The van der Waals surface area contributed by atoms with E-state index in [0.717, 1.165) is 18.6 Å². The Morgan fingerprint density at radius 1 is 1.47 bits per heavy atom. The van der Waals surface area contributed by atoms with Crippen LogP contribution in [0.3, 0.4) is 0 Å². The van der Waals surface area contributed by atoms with Gasteiger partial charge in [-0.25, -0.2) is 4.79 Å². The molecule has 0 radical (unpaired) electrons. The topological polar surface area (TPSA) is 35.5 Å². The van der Waals surface area contributed by atoms with Crippen molar-refractivity contribution < 1.29 is 14.3 Å². The molecule has 2 aliphatic rings. The highest BCUT2D eigenvalue weighted by Gasteiger charge is 2.46. The van der Waals surface area contributed by atoms with E-state index in [9.17, 15) is 4.79 Å². The van der Waals surface area contributed by atoms with Gasteiger partial charge in [0.25, 0.3) is 4.39 Å². The molecule has 1 saturated heterocycles. The molecule has 1 saturated carbocycles. The number of rotatable bonds is 3. The van der Waals surface area contributed by atoms with Crippen LogP contribution in [0.15, 0.2) is 0 Å². The Morgan fingerprint density at radius 3 is 2.79 bits per heavy atom. The van der Waals surface area contributed by atoms with Crippen LogP contribution in [-0.2, 0) is 14.3 Å². The Morgan fingerprint density at radius 2 is 2.21 bits per heavy atom. The fraction of sp³-hybridized carbons (Fsp3) is 0.929. The summed E-state index contributed by atoms with van der Waals surface area (Å²) in [5.41, 5.74) is 0. The summed E-state index contributed by atoms with van der Waals surface area (Å²) in [5.74, 6) is 1.89. The van der Waals surface area contributed by atoms with Gasteiger partial charge in [0, 0.05) is 5.75 Å². The van der Waals surface area contributed by atoms with Crippen molar-refractivity contribution in [3.05, 3.63) is 0 Å². The molecule has 0 aromatic rings. The number of esters is 1. The number of alkyl halides is 1. The second kappa shape index (κ2) is 6.23. The molecular formula is C14H23ClO3S. The van der Waals surface area contributed by atoms with Gasteiger partial charge in [-0.05, 0) is 30.6 Å². The number of ether oxygens (including phenoxy) is 2. The standard InChI is InChI=1S/C14H23ClO3S/c1-9(2)11-5-4-10(3)8-12(11)18-13(16)14(15)17-6-7-19-14/h9-12H,4-8H2,1-3H3. The van der Waals surface area contributed by atoms with Crippen LogP contribution in [0.4, 0.5) is 0 Å².